The molecule has 1 aliphatic rings. The van der Waals surface area contributed by atoms with E-state index in [-0.39, 0.29) is 11.9 Å². The van der Waals surface area contributed by atoms with E-state index in [1.165, 1.54) is 11.5 Å². The van der Waals surface area contributed by atoms with Crippen LogP contribution >= 0.6 is 11.5 Å². The number of carbonyl (C=O) groups excluding carboxylic acids is 1. The van der Waals surface area contributed by atoms with Gasteiger partial charge in [0, 0.05) is 31.1 Å². The molecule has 5 nitrogen and oxygen atoms in total. The van der Waals surface area contributed by atoms with E-state index < -0.39 is 0 Å². The van der Waals surface area contributed by atoms with Gasteiger partial charge < -0.3 is 9.80 Å². The second-order valence-electron chi connectivity index (χ2n) is 3.90. The fourth-order valence-electron chi connectivity index (χ4n) is 1.85. The van der Waals surface area contributed by atoms with Crippen molar-refractivity contribution in [3.8, 4) is 0 Å². The summed E-state index contributed by atoms with van der Waals surface area (Å²) in [5, 5.41) is 5.51. The largest absolute Gasteiger partial charge is 0.332 e. The molecule has 0 aromatic carbocycles. The third-order valence-electron chi connectivity index (χ3n) is 2.67. The summed E-state index contributed by atoms with van der Waals surface area (Å²) in [6.07, 6.45) is 0. The van der Waals surface area contributed by atoms with Gasteiger partial charge in [-0.3, -0.25) is 4.79 Å². The first-order valence-electron chi connectivity index (χ1n) is 4.95. The van der Waals surface area contributed by atoms with E-state index in [0.717, 1.165) is 19.6 Å². The smallest absolute Gasteiger partial charge is 0.275 e. The molecule has 2 heterocycles. The molecule has 0 aliphatic carbocycles. The van der Waals surface area contributed by atoms with Crippen LogP contribution in [0.1, 0.15) is 17.4 Å². The molecule has 1 amide bonds. The maximum Gasteiger partial charge on any atom is 0.275 e. The minimum Gasteiger partial charge on any atom is -0.332 e. The Bertz CT molecular complexity index is 340. The molecule has 1 saturated heterocycles. The molecule has 82 valence electrons. The molecule has 0 saturated carbocycles. The third-order valence-corrected chi connectivity index (χ3v) is 3.18. The van der Waals surface area contributed by atoms with Crippen LogP contribution in [0.3, 0.4) is 0 Å². The lowest BCUT2D eigenvalue weighted by molar-refractivity contribution is 0.0528. The molecule has 0 bridgehead atoms. The molecule has 1 aliphatic heterocycles. The highest BCUT2D eigenvalue weighted by Crippen LogP contribution is 2.12. The van der Waals surface area contributed by atoms with Crippen molar-refractivity contribution in [3.63, 3.8) is 0 Å². The van der Waals surface area contributed by atoms with Crippen LogP contribution in [0.15, 0.2) is 5.38 Å². The first-order valence-corrected chi connectivity index (χ1v) is 5.78. The summed E-state index contributed by atoms with van der Waals surface area (Å²) in [6, 6.07) is 0.248. The van der Waals surface area contributed by atoms with E-state index in [4.69, 9.17) is 0 Å². The minimum absolute atomic E-state index is 0.00403. The Morgan fingerprint density at radius 2 is 2.40 bits per heavy atom. The molecular weight excluding hydrogens is 212 g/mol. The molecule has 6 heteroatoms. The number of aromatic nitrogens is 2. The molecular formula is C9H14N4OS. The predicted octanol–water partition coefficient (Wildman–Crippen LogP) is 0.314. The lowest BCUT2D eigenvalue weighted by Crippen LogP contribution is -2.52. The summed E-state index contributed by atoms with van der Waals surface area (Å²) >= 11 is 1.21. The van der Waals surface area contributed by atoms with E-state index >= 15 is 0 Å². The van der Waals surface area contributed by atoms with E-state index in [9.17, 15) is 4.79 Å². The second kappa shape index (κ2) is 4.24. The van der Waals surface area contributed by atoms with Gasteiger partial charge >= 0.3 is 0 Å². The lowest BCUT2D eigenvalue weighted by Gasteiger charge is -2.37. The van der Waals surface area contributed by atoms with Gasteiger partial charge in [-0.15, -0.1) is 5.10 Å². The minimum atomic E-state index is 0.00403. The summed E-state index contributed by atoms with van der Waals surface area (Å²) in [7, 11) is 2.07. The highest BCUT2D eigenvalue weighted by molar-refractivity contribution is 7.03. The number of nitrogens with zero attached hydrogens (tertiary/aromatic N) is 4. The molecule has 1 aromatic rings. The molecule has 0 unspecified atom stereocenters. The topological polar surface area (TPSA) is 49.3 Å². The first kappa shape index (κ1) is 10.5. The van der Waals surface area contributed by atoms with E-state index in [1.807, 2.05) is 4.90 Å². The number of likely N-dealkylation sites (N-methyl/N-ethyl adjacent to an activating group) is 1. The Morgan fingerprint density at radius 1 is 1.60 bits per heavy atom. The standard InChI is InChI=1S/C9H14N4OS/c1-7-5-12(2)3-4-13(7)9(14)8-6-15-11-10-8/h6-7H,3-5H2,1-2H3/t7-/m1/s1. The summed E-state index contributed by atoms with van der Waals surface area (Å²) in [5.74, 6) is 0.00403. The fraction of sp³-hybridized carbons (Fsp3) is 0.667. The highest BCUT2D eigenvalue weighted by atomic mass is 32.1. The average Bonchev–Trinajstić information content (AvgIpc) is 2.69. The highest BCUT2D eigenvalue weighted by Gasteiger charge is 2.27. The zero-order chi connectivity index (χ0) is 10.8. The number of carbonyl (C=O) groups is 1. The Morgan fingerprint density at radius 3 is 3.00 bits per heavy atom. The Labute approximate surface area is 92.9 Å². The number of hydrogen-bond acceptors (Lipinski definition) is 5. The van der Waals surface area contributed by atoms with Gasteiger partial charge in [0.25, 0.3) is 5.91 Å². The molecule has 15 heavy (non-hydrogen) atoms. The number of amides is 1. The van der Waals surface area contributed by atoms with Crippen molar-refractivity contribution in [2.45, 2.75) is 13.0 Å². The van der Waals surface area contributed by atoms with Crippen molar-refractivity contribution in [3.05, 3.63) is 11.1 Å². The monoisotopic (exact) mass is 226 g/mol. The van der Waals surface area contributed by atoms with Gasteiger partial charge in [0.05, 0.1) is 0 Å². The molecule has 0 spiro atoms. The summed E-state index contributed by atoms with van der Waals surface area (Å²) < 4.78 is 3.71. The summed E-state index contributed by atoms with van der Waals surface area (Å²) in [6.45, 7) is 4.68. The normalized spacial score (nSPS) is 23.1. The van der Waals surface area contributed by atoms with Gasteiger partial charge in [-0.2, -0.15) is 0 Å². The molecule has 2 rings (SSSR count). The van der Waals surface area contributed by atoms with Crippen LogP contribution in [0.4, 0.5) is 0 Å². The SMILES string of the molecule is C[C@@H]1CN(C)CCN1C(=O)c1csnn1. The quantitative estimate of drug-likeness (QED) is 0.691. The molecule has 0 radical (unpaired) electrons. The van der Waals surface area contributed by atoms with E-state index in [0.29, 0.717) is 5.69 Å². The molecule has 1 atom stereocenters. The molecule has 0 N–H and O–H groups in total. The van der Waals surface area contributed by atoms with Gasteiger partial charge in [0.2, 0.25) is 0 Å². The van der Waals surface area contributed by atoms with Crippen molar-refractivity contribution in [2.75, 3.05) is 26.7 Å². The van der Waals surface area contributed by atoms with Crippen LogP contribution in [0.5, 0.6) is 0 Å². The van der Waals surface area contributed by atoms with Gasteiger partial charge in [0.1, 0.15) is 0 Å². The zero-order valence-corrected chi connectivity index (χ0v) is 9.70. The first-order chi connectivity index (χ1) is 7.18. The van der Waals surface area contributed by atoms with Crippen molar-refractivity contribution in [1.82, 2.24) is 19.4 Å². The van der Waals surface area contributed by atoms with Gasteiger partial charge in [-0.25, -0.2) is 0 Å². The number of piperazine rings is 1. The van der Waals surface area contributed by atoms with Crippen LogP contribution in [0, 0.1) is 0 Å². The van der Waals surface area contributed by atoms with Crippen LogP contribution in [0.25, 0.3) is 0 Å². The average molecular weight is 226 g/mol. The van der Waals surface area contributed by atoms with Crippen LogP contribution in [-0.2, 0) is 0 Å². The van der Waals surface area contributed by atoms with Crippen LogP contribution in [0.2, 0.25) is 0 Å². The third kappa shape index (κ3) is 2.15. The van der Waals surface area contributed by atoms with Crippen molar-refractivity contribution in [1.29, 1.82) is 0 Å². The van der Waals surface area contributed by atoms with Gasteiger partial charge in [-0.05, 0) is 25.5 Å². The number of rotatable bonds is 1. The Kier molecular flexibility index (Phi) is 2.97. The van der Waals surface area contributed by atoms with Crippen molar-refractivity contribution in [2.24, 2.45) is 0 Å². The predicted molar refractivity (Wildman–Crippen MR) is 57.9 cm³/mol. The number of hydrogen-bond donors (Lipinski definition) is 0. The van der Waals surface area contributed by atoms with Crippen molar-refractivity contribution < 1.29 is 4.79 Å². The Balaban J connectivity index is 2.08. The van der Waals surface area contributed by atoms with Crippen LogP contribution < -0.4 is 0 Å². The summed E-state index contributed by atoms with van der Waals surface area (Å²) in [4.78, 5) is 16.1. The van der Waals surface area contributed by atoms with Gasteiger partial charge in [-0.1, -0.05) is 4.49 Å². The molecule has 1 aromatic heterocycles. The van der Waals surface area contributed by atoms with E-state index in [1.54, 1.807) is 5.38 Å². The lowest BCUT2D eigenvalue weighted by atomic mass is 10.2. The van der Waals surface area contributed by atoms with Crippen LogP contribution in [-0.4, -0.2) is 58.0 Å². The molecule has 1 fully saturated rings. The zero-order valence-electron chi connectivity index (χ0n) is 8.88. The maximum absolute atomic E-state index is 12.0. The summed E-state index contributed by atoms with van der Waals surface area (Å²) in [5.41, 5.74) is 0.469. The van der Waals surface area contributed by atoms with E-state index in [2.05, 4.69) is 28.5 Å². The fourth-order valence-corrected chi connectivity index (χ4v) is 2.28. The maximum atomic E-state index is 12.0. The van der Waals surface area contributed by atoms with Crippen molar-refractivity contribution >= 4 is 17.4 Å². The Hall–Kier alpha value is -1.01. The van der Waals surface area contributed by atoms with Gasteiger partial charge in [0.15, 0.2) is 5.69 Å². The second-order valence-corrected chi connectivity index (χ2v) is 4.51.